The molecule has 2 heterocycles. The quantitative estimate of drug-likeness (QED) is 0.768. The van der Waals surface area contributed by atoms with Gasteiger partial charge in [0.05, 0.1) is 6.61 Å². The van der Waals surface area contributed by atoms with Gasteiger partial charge in [0.15, 0.2) is 5.69 Å². The number of aromatic nitrogens is 1. The molecule has 1 fully saturated rings. The van der Waals surface area contributed by atoms with E-state index in [1.54, 1.807) is 6.92 Å². The van der Waals surface area contributed by atoms with Gasteiger partial charge >= 0.3 is 5.97 Å². The summed E-state index contributed by atoms with van der Waals surface area (Å²) in [7, 11) is 0. The molecular weight excluding hydrogens is 246 g/mol. The van der Waals surface area contributed by atoms with Crippen LogP contribution in [-0.4, -0.2) is 54.7 Å². The van der Waals surface area contributed by atoms with E-state index in [0.717, 1.165) is 26.2 Å². The molecule has 0 amide bonds. The molecule has 6 heteroatoms. The average molecular weight is 267 g/mol. The molecule has 1 saturated heterocycles. The summed E-state index contributed by atoms with van der Waals surface area (Å²) in [5.74, 6) is -0.432. The number of anilines is 1. The largest absolute Gasteiger partial charge is 0.461 e. The first-order chi connectivity index (χ1) is 9.11. The zero-order chi connectivity index (χ0) is 13.8. The van der Waals surface area contributed by atoms with Crippen LogP contribution in [-0.2, 0) is 4.74 Å². The summed E-state index contributed by atoms with van der Waals surface area (Å²) in [6.45, 7) is 10.2. The molecule has 19 heavy (non-hydrogen) atoms. The minimum atomic E-state index is -0.432. The van der Waals surface area contributed by atoms with Crippen LogP contribution in [0.15, 0.2) is 10.7 Å². The van der Waals surface area contributed by atoms with Crippen LogP contribution in [0, 0.1) is 0 Å². The Bertz CT molecular complexity index is 423. The summed E-state index contributed by atoms with van der Waals surface area (Å²) in [6.07, 6.45) is 1.36. The van der Waals surface area contributed by atoms with Gasteiger partial charge in [-0.3, -0.25) is 4.90 Å². The van der Waals surface area contributed by atoms with E-state index in [1.807, 2.05) is 0 Å². The van der Waals surface area contributed by atoms with E-state index in [2.05, 4.69) is 28.6 Å². The number of ether oxygens (including phenoxy) is 1. The number of esters is 1. The molecule has 0 bridgehead atoms. The van der Waals surface area contributed by atoms with E-state index in [1.165, 1.54) is 6.26 Å². The predicted octanol–water partition coefficient (Wildman–Crippen LogP) is 1.38. The van der Waals surface area contributed by atoms with Gasteiger partial charge < -0.3 is 14.1 Å². The maximum Gasteiger partial charge on any atom is 0.360 e. The van der Waals surface area contributed by atoms with Gasteiger partial charge in [0.2, 0.25) is 0 Å². The molecule has 0 saturated carbocycles. The van der Waals surface area contributed by atoms with Crippen molar-refractivity contribution in [3.05, 3.63) is 12.0 Å². The third-order valence-corrected chi connectivity index (χ3v) is 3.29. The van der Waals surface area contributed by atoms with E-state index in [9.17, 15) is 4.79 Å². The third-order valence-electron chi connectivity index (χ3n) is 3.29. The molecule has 0 radical (unpaired) electrons. The summed E-state index contributed by atoms with van der Waals surface area (Å²) >= 11 is 0. The average Bonchev–Trinajstić information content (AvgIpc) is 2.89. The van der Waals surface area contributed by atoms with Crippen molar-refractivity contribution in [2.45, 2.75) is 26.8 Å². The monoisotopic (exact) mass is 267 g/mol. The lowest BCUT2D eigenvalue weighted by atomic mass is 10.2. The SMILES string of the molecule is CCOC(=O)c1coc(N2CCN(C(C)C)CC2)n1. The van der Waals surface area contributed by atoms with Crippen LogP contribution in [0.2, 0.25) is 0 Å². The molecule has 6 nitrogen and oxygen atoms in total. The van der Waals surface area contributed by atoms with Crippen LogP contribution >= 0.6 is 0 Å². The van der Waals surface area contributed by atoms with Crippen LogP contribution in [0.5, 0.6) is 0 Å². The lowest BCUT2D eigenvalue weighted by Gasteiger charge is -2.36. The Hall–Kier alpha value is -1.56. The van der Waals surface area contributed by atoms with Crippen molar-refractivity contribution in [3.8, 4) is 0 Å². The van der Waals surface area contributed by atoms with E-state index in [4.69, 9.17) is 9.15 Å². The van der Waals surface area contributed by atoms with Crippen LogP contribution in [0.1, 0.15) is 31.3 Å². The second-order valence-electron chi connectivity index (χ2n) is 4.85. The smallest absolute Gasteiger partial charge is 0.360 e. The molecular formula is C13H21N3O3. The number of rotatable bonds is 4. The van der Waals surface area contributed by atoms with Crippen molar-refractivity contribution in [2.24, 2.45) is 0 Å². The molecule has 0 unspecified atom stereocenters. The van der Waals surface area contributed by atoms with Crippen molar-refractivity contribution in [1.82, 2.24) is 9.88 Å². The first-order valence-corrected chi connectivity index (χ1v) is 6.73. The van der Waals surface area contributed by atoms with Crippen molar-refractivity contribution in [3.63, 3.8) is 0 Å². The number of carbonyl (C=O) groups excluding carboxylic acids is 1. The van der Waals surface area contributed by atoms with Gasteiger partial charge in [-0.25, -0.2) is 4.79 Å². The van der Waals surface area contributed by atoms with Crippen molar-refractivity contribution in [2.75, 3.05) is 37.7 Å². The van der Waals surface area contributed by atoms with Crippen LogP contribution in [0.25, 0.3) is 0 Å². The van der Waals surface area contributed by atoms with Crippen LogP contribution in [0.3, 0.4) is 0 Å². The van der Waals surface area contributed by atoms with Crippen molar-refractivity contribution < 1.29 is 13.9 Å². The van der Waals surface area contributed by atoms with Gasteiger partial charge in [0.25, 0.3) is 6.01 Å². The number of nitrogens with zero attached hydrogens (tertiary/aromatic N) is 3. The molecule has 0 spiro atoms. The lowest BCUT2D eigenvalue weighted by Crippen LogP contribution is -2.49. The number of hydrogen-bond donors (Lipinski definition) is 0. The molecule has 0 aromatic carbocycles. The minimum Gasteiger partial charge on any atom is -0.461 e. The van der Waals surface area contributed by atoms with Crippen LogP contribution < -0.4 is 4.90 Å². The number of hydrogen-bond acceptors (Lipinski definition) is 6. The summed E-state index contributed by atoms with van der Waals surface area (Å²) in [5.41, 5.74) is 0.239. The van der Waals surface area contributed by atoms with Gasteiger partial charge in [-0.2, -0.15) is 4.98 Å². The molecule has 1 aromatic rings. The minimum absolute atomic E-state index is 0.239. The normalized spacial score (nSPS) is 16.9. The fourth-order valence-electron chi connectivity index (χ4n) is 2.14. The summed E-state index contributed by atoms with van der Waals surface area (Å²) < 4.78 is 10.3. The van der Waals surface area contributed by atoms with E-state index >= 15 is 0 Å². The van der Waals surface area contributed by atoms with Gasteiger partial charge in [-0.1, -0.05) is 0 Å². The number of oxazole rings is 1. The second-order valence-corrected chi connectivity index (χ2v) is 4.85. The Kier molecular flexibility index (Phi) is 4.42. The van der Waals surface area contributed by atoms with Crippen molar-refractivity contribution in [1.29, 1.82) is 0 Å². The zero-order valence-electron chi connectivity index (χ0n) is 11.8. The fourth-order valence-corrected chi connectivity index (χ4v) is 2.14. The highest BCUT2D eigenvalue weighted by Gasteiger charge is 2.23. The first kappa shape index (κ1) is 13.9. The van der Waals surface area contributed by atoms with E-state index < -0.39 is 5.97 Å². The molecule has 0 atom stereocenters. The summed E-state index contributed by atoms with van der Waals surface area (Å²) in [4.78, 5) is 20.2. The standard InChI is InChI=1S/C13H21N3O3/c1-4-18-12(17)11-9-19-13(14-11)16-7-5-15(6-8-16)10(2)3/h9-10H,4-8H2,1-3H3. The molecule has 1 aliphatic rings. The van der Waals surface area contributed by atoms with Gasteiger partial charge in [-0.05, 0) is 20.8 Å². The Labute approximate surface area is 113 Å². The van der Waals surface area contributed by atoms with Crippen molar-refractivity contribution >= 4 is 12.0 Å². The maximum absolute atomic E-state index is 11.5. The van der Waals surface area contributed by atoms with Crippen LogP contribution in [0.4, 0.5) is 6.01 Å². The highest BCUT2D eigenvalue weighted by atomic mass is 16.5. The molecule has 106 valence electrons. The second kappa shape index (κ2) is 6.06. The number of piperazine rings is 1. The van der Waals surface area contributed by atoms with Gasteiger partial charge in [0.1, 0.15) is 6.26 Å². The van der Waals surface area contributed by atoms with Gasteiger partial charge in [-0.15, -0.1) is 0 Å². The molecule has 1 aliphatic heterocycles. The highest BCUT2D eigenvalue weighted by Crippen LogP contribution is 2.17. The first-order valence-electron chi connectivity index (χ1n) is 6.73. The molecule has 0 N–H and O–H groups in total. The lowest BCUT2D eigenvalue weighted by molar-refractivity contribution is 0.0519. The topological polar surface area (TPSA) is 58.8 Å². The maximum atomic E-state index is 11.5. The molecule has 2 rings (SSSR count). The number of carbonyl (C=O) groups is 1. The molecule has 0 aliphatic carbocycles. The zero-order valence-corrected chi connectivity index (χ0v) is 11.8. The summed E-state index contributed by atoms with van der Waals surface area (Å²) in [6, 6.07) is 1.06. The predicted molar refractivity (Wildman–Crippen MR) is 71.4 cm³/mol. The fraction of sp³-hybridized carbons (Fsp3) is 0.692. The Morgan fingerprint density at radius 1 is 1.42 bits per heavy atom. The highest BCUT2D eigenvalue weighted by molar-refractivity contribution is 5.87. The summed E-state index contributed by atoms with van der Waals surface area (Å²) in [5, 5.41) is 0. The molecule has 1 aromatic heterocycles. The Morgan fingerprint density at radius 2 is 2.11 bits per heavy atom. The van der Waals surface area contributed by atoms with E-state index in [-0.39, 0.29) is 5.69 Å². The Morgan fingerprint density at radius 3 is 2.68 bits per heavy atom. The van der Waals surface area contributed by atoms with E-state index in [0.29, 0.717) is 18.7 Å². The Balaban J connectivity index is 1.95. The third kappa shape index (κ3) is 3.26. The van der Waals surface area contributed by atoms with Gasteiger partial charge in [0, 0.05) is 32.2 Å².